The maximum absolute atomic E-state index is 12.3. The molecule has 1 heterocycles. The SMILES string of the molecule is OCCC1CCN(Cc2ccccc2OC(F)F)C1. The lowest BCUT2D eigenvalue weighted by Crippen LogP contribution is -2.21. The Morgan fingerprint density at radius 3 is 2.89 bits per heavy atom. The second-order valence-electron chi connectivity index (χ2n) is 4.89. The summed E-state index contributed by atoms with van der Waals surface area (Å²) in [5.41, 5.74) is 0.785. The molecular formula is C14H19F2NO2. The summed E-state index contributed by atoms with van der Waals surface area (Å²) in [6, 6.07) is 6.91. The van der Waals surface area contributed by atoms with E-state index in [9.17, 15) is 8.78 Å². The van der Waals surface area contributed by atoms with E-state index in [-0.39, 0.29) is 12.4 Å². The van der Waals surface area contributed by atoms with E-state index in [1.165, 1.54) is 0 Å². The first-order valence-electron chi connectivity index (χ1n) is 6.55. The summed E-state index contributed by atoms with van der Waals surface area (Å²) in [7, 11) is 0. The van der Waals surface area contributed by atoms with Gasteiger partial charge in [0.15, 0.2) is 0 Å². The Morgan fingerprint density at radius 1 is 1.37 bits per heavy atom. The van der Waals surface area contributed by atoms with Crippen LogP contribution in [0.2, 0.25) is 0 Å². The van der Waals surface area contributed by atoms with Gasteiger partial charge in [-0.25, -0.2) is 0 Å². The van der Waals surface area contributed by atoms with Gasteiger partial charge in [0.25, 0.3) is 0 Å². The second kappa shape index (κ2) is 6.82. The molecule has 1 aromatic carbocycles. The summed E-state index contributed by atoms with van der Waals surface area (Å²) < 4.78 is 29.2. The number of benzene rings is 1. The minimum absolute atomic E-state index is 0.212. The summed E-state index contributed by atoms with van der Waals surface area (Å²) >= 11 is 0. The van der Waals surface area contributed by atoms with Crippen LogP contribution < -0.4 is 4.74 Å². The molecule has 19 heavy (non-hydrogen) atoms. The van der Waals surface area contributed by atoms with Gasteiger partial charge in [-0.05, 0) is 31.4 Å². The van der Waals surface area contributed by atoms with Crippen LogP contribution >= 0.6 is 0 Å². The third-order valence-corrected chi connectivity index (χ3v) is 3.49. The Kier molecular flexibility index (Phi) is 5.10. The molecule has 1 fully saturated rings. The van der Waals surface area contributed by atoms with E-state index >= 15 is 0 Å². The van der Waals surface area contributed by atoms with Crippen LogP contribution in [-0.2, 0) is 6.54 Å². The number of likely N-dealkylation sites (tertiary alicyclic amines) is 1. The van der Waals surface area contributed by atoms with Crippen LogP contribution in [0.3, 0.4) is 0 Å². The Bertz CT molecular complexity index is 401. The average molecular weight is 271 g/mol. The number of aliphatic hydroxyl groups excluding tert-OH is 1. The van der Waals surface area contributed by atoms with E-state index < -0.39 is 6.61 Å². The van der Waals surface area contributed by atoms with Crippen molar-refractivity contribution in [3.8, 4) is 5.75 Å². The highest BCUT2D eigenvalue weighted by Gasteiger charge is 2.23. The third-order valence-electron chi connectivity index (χ3n) is 3.49. The minimum atomic E-state index is -2.79. The molecule has 0 aromatic heterocycles. The predicted octanol–water partition coefficient (Wildman–Crippen LogP) is 2.49. The molecule has 0 radical (unpaired) electrons. The van der Waals surface area contributed by atoms with Crippen molar-refractivity contribution in [1.29, 1.82) is 0 Å². The van der Waals surface area contributed by atoms with Crippen molar-refractivity contribution in [3.63, 3.8) is 0 Å². The lowest BCUT2D eigenvalue weighted by molar-refractivity contribution is -0.0507. The number of nitrogens with zero attached hydrogens (tertiary/aromatic N) is 1. The van der Waals surface area contributed by atoms with E-state index in [1.807, 2.05) is 12.1 Å². The molecule has 1 saturated heterocycles. The first-order valence-corrected chi connectivity index (χ1v) is 6.55. The molecule has 2 rings (SSSR count). The Morgan fingerprint density at radius 2 is 2.16 bits per heavy atom. The quantitative estimate of drug-likeness (QED) is 0.863. The molecule has 0 amide bonds. The van der Waals surface area contributed by atoms with Crippen LogP contribution in [0.4, 0.5) is 8.78 Å². The van der Waals surface area contributed by atoms with E-state index in [1.54, 1.807) is 12.1 Å². The second-order valence-corrected chi connectivity index (χ2v) is 4.89. The molecule has 106 valence electrons. The molecule has 1 aliphatic heterocycles. The summed E-state index contributed by atoms with van der Waals surface area (Å²) in [4.78, 5) is 2.22. The number of halogens is 2. The van der Waals surface area contributed by atoms with Crippen LogP contribution in [0, 0.1) is 5.92 Å². The van der Waals surface area contributed by atoms with Crippen LogP contribution in [0.15, 0.2) is 24.3 Å². The maximum atomic E-state index is 12.3. The molecule has 1 unspecified atom stereocenters. The maximum Gasteiger partial charge on any atom is 0.387 e. The fourth-order valence-corrected chi connectivity index (χ4v) is 2.56. The number of ether oxygens (including phenoxy) is 1. The topological polar surface area (TPSA) is 32.7 Å². The highest BCUT2D eigenvalue weighted by molar-refractivity contribution is 5.33. The molecule has 1 N–H and O–H groups in total. The summed E-state index contributed by atoms with van der Waals surface area (Å²) in [5.74, 6) is 0.760. The van der Waals surface area contributed by atoms with Gasteiger partial charge in [0.05, 0.1) is 0 Å². The molecule has 1 atom stereocenters. The van der Waals surface area contributed by atoms with Crippen LogP contribution in [0.1, 0.15) is 18.4 Å². The highest BCUT2D eigenvalue weighted by Crippen LogP contribution is 2.26. The Balaban J connectivity index is 1.96. The molecular weight excluding hydrogens is 252 g/mol. The third kappa shape index (κ3) is 4.14. The minimum Gasteiger partial charge on any atom is -0.434 e. The fourth-order valence-electron chi connectivity index (χ4n) is 2.56. The molecule has 3 nitrogen and oxygen atoms in total. The monoisotopic (exact) mass is 271 g/mol. The smallest absolute Gasteiger partial charge is 0.387 e. The van der Waals surface area contributed by atoms with Gasteiger partial charge >= 0.3 is 6.61 Å². The van der Waals surface area contributed by atoms with Crippen molar-refractivity contribution in [2.75, 3.05) is 19.7 Å². The average Bonchev–Trinajstić information content (AvgIpc) is 2.79. The molecule has 0 aliphatic carbocycles. The summed E-state index contributed by atoms with van der Waals surface area (Å²) in [5, 5.41) is 8.92. The van der Waals surface area contributed by atoms with E-state index in [0.29, 0.717) is 12.5 Å². The van der Waals surface area contributed by atoms with Crippen molar-refractivity contribution in [2.24, 2.45) is 5.92 Å². The highest BCUT2D eigenvalue weighted by atomic mass is 19.3. The van der Waals surface area contributed by atoms with Gasteiger partial charge in [0, 0.05) is 25.3 Å². The zero-order valence-corrected chi connectivity index (χ0v) is 10.8. The van der Waals surface area contributed by atoms with E-state index in [0.717, 1.165) is 31.5 Å². The Hall–Kier alpha value is -1.20. The molecule has 0 saturated carbocycles. The van der Waals surface area contributed by atoms with Gasteiger partial charge in [-0.3, -0.25) is 4.90 Å². The normalized spacial score (nSPS) is 20.1. The summed E-state index contributed by atoms with van der Waals surface area (Å²) in [6.45, 7) is -0.118. The van der Waals surface area contributed by atoms with Crippen LogP contribution in [0.5, 0.6) is 5.75 Å². The number of aliphatic hydroxyl groups is 1. The first kappa shape index (κ1) is 14.2. The van der Waals surface area contributed by atoms with Crippen molar-refractivity contribution >= 4 is 0 Å². The molecule has 0 spiro atoms. The van der Waals surface area contributed by atoms with Crippen molar-refractivity contribution in [3.05, 3.63) is 29.8 Å². The molecule has 5 heteroatoms. The van der Waals surface area contributed by atoms with Crippen LogP contribution in [-0.4, -0.2) is 36.3 Å². The zero-order chi connectivity index (χ0) is 13.7. The molecule has 1 aromatic rings. The van der Waals surface area contributed by atoms with Crippen molar-refractivity contribution in [1.82, 2.24) is 4.90 Å². The number of hydrogen-bond donors (Lipinski definition) is 1. The van der Waals surface area contributed by atoms with Gasteiger partial charge in [-0.2, -0.15) is 8.78 Å². The van der Waals surface area contributed by atoms with Crippen molar-refractivity contribution in [2.45, 2.75) is 26.0 Å². The van der Waals surface area contributed by atoms with Crippen LogP contribution in [0.25, 0.3) is 0 Å². The number of para-hydroxylation sites is 1. The fraction of sp³-hybridized carbons (Fsp3) is 0.571. The number of hydrogen-bond acceptors (Lipinski definition) is 3. The first-order chi connectivity index (χ1) is 9.19. The largest absolute Gasteiger partial charge is 0.434 e. The number of alkyl halides is 2. The Labute approximate surface area is 111 Å². The zero-order valence-electron chi connectivity index (χ0n) is 10.8. The van der Waals surface area contributed by atoms with Gasteiger partial charge < -0.3 is 9.84 Å². The lowest BCUT2D eigenvalue weighted by Gasteiger charge is -2.18. The standard InChI is InChI=1S/C14H19F2NO2/c15-14(16)19-13-4-2-1-3-12(13)10-17-7-5-11(9-17)6-8-18/h1-4,11,14,18H,5-10H2. The summed E-state index contributed by atoms with van der Waals surface area (Å²) in [6.07, 6.45) is 1.87. The van der Waals surface area contributed by atoms with Crippen molar-refractivity contribution < 1.29 is 18.6 Å². The lowest BCUT2D eigenvalue weighted by atomic mass is 10.1. The molecule has 1 aliphatic rings. The van der Waals surface area contributed by atoms with Gasteiger partial charge in [0.2, 0.25) is 0 Å². The number of rotatable bonds is 6. The predicted molar refractivity (Wildman–Crippen MR) is 68.2 cm³/mol. The van der Waals surface area contributed by atoms with E-state index in [4.69, 9.17) is 5.11 Å². The van der Waals surface area contributed by atoms with E-state index in [2.05, 4.69) is 9.64 Å². The molecule has 0 bridgehead atoms. The van der Waals surface area contributed by atoms with Gasteiger partial charge in [-0.15, -0.1) is 0 Å². The van der Waals surface area contributed by atoms with Gasteiger partial charge in [-0.1, -0.05) is 18.2 Å². The van der Waals surface area contributed by atoms with Gasteiger partial charge in [0.1, 0.15) is 5.75 Å².